The van der Waals surface area contributed by atoms with Gasteiger partial charge in [0.25, 0.3) is 0 Å². The van der Waals surface area contributed by atoms with E-state index in [9.17, 15) is 0 Å². The van der Waals surface area contributed by atoms with E-state index in [1.807, 2.05) is 11.3 Å². The smallest absolute Gasteiger partial charge is 0.0375 e. The number of nitrogens with one attached hydrogen (secondary N) is 1. The van der Waals surface area contributed by atoms with Crippen LogP contribution in [0.4, 0.5) is 0 Å². The largest absolute Gasteiger partial charge is 0.314 e. The summed E-state index contributed by atoms with van der Waals surface area (Å²) in [6.07, 6.45) is 1.12. The molecule has 0 fully saturated rings. The molecule has 15 heavy (non-hydrogen) atoms. The Kier molecular flexibility index (Phi) is 3.39. The maximum absolute atomic E-state index is 3.46. The summed E-state index contributed by atoms with van der Waals surface area (Å²) < 4.78 is 1.45. The van der Waals surface area contributed by atoms with Crippen LogP contribution in [0.15, 0.2) is 29.6 Å². The first kappa shape index (κ1) is 10.7. The van der Waals surface area contributed by atoms with Gasteiger partial charge in [-0.25, -0.2) is 0 Å². The van der Waals surface area contributed by atoms with Gasteiger partial charge in [0.15, 0.2) is 0 Å². The predicted molar refractivity (Wildman–Crippen MR) is 68.7 cm³/mol. The van der Waals surface area contributed by atoms with Crippen molar-refractivity contribution in [3.05, 3.63) is 35.2 Å². The minimum absolute atomic E-state index is 0.576. The molecule has 1 heterocycles. The lowest BCUT2D eigenvalue weighted by molar-refractivity contribution is 0.591. The Morgan fingerprint density at radius 2 is 2.13 bits per heavy atom. The van der Waals surface area contributed by atoms with Gasteiger partial charge in [-0.1, -0.05) is 32.0 Å². The van der Waals surface area contributed by atoms with Gasteiger partial charge in [0.05, 0.1) is 0 Å². The lowest BCUT2D eigenvalue weighted by Gasteiger charge is -2.08. The second-order valence-electron chi connectivity index (χ2n) is 4.11. The van der Waals surface area contributed by atoms with Gasteiger partial charge in [-0.2, -0.15) is 0 Å². The fourth-order valence-corrected chi connectivity index (χ4v) is 2.69. The van der Waals surface area contributed by atoms with Crippen LogP contribution in [0.5, 0.6) is 0 Å². The highest BCUT2D eigenvalue weighted by molar-refractivity contribution is 7.17. The van der Waals surface area contributed by atoms with Gasteiger partial charge < -0.3 is 5.32 Å². The predicted octanol–water partition coefficient (Wildman–Crippen LogP) is 3.44. The van der Waals surface area contributed by atoms with Crippen molar-refractivity contribution in [3.8, 4) is 0 Å². The molecular formula is C13H17NS. The molecule has 0 bridgehead atoms. The van der Waals surface area contributed by atoms with Crippen molar-refractivity contribution in [1.82, 2.24) is 5.32 Å². The van der Waals surface area contributed by atoms with Crippen LogP contribution in [-0.4, -0.2) is 12.6 Å². The number of rotatable bonds is 4. The van der Waals surface area contributed by atoms with Crippen LogP contribution in [0.2, 0.25) is 0 Å². The van der Waals surface area contributed by atoms with E-state index in [0.717, 1.165) is 13.0 Å². The van der Waals surface area contributed by atoms with Crippen LogP contribution in [0.1, 0.15) is 19.4 Å². The molecule has 0 aliphatic heterocycles. The topological polar surface area (TPSA) is 12.0 Å². The SMILES string of the molecule is CC(C)NCCc1cccc2ccsc12. The highest BCUT2D eigenvalue weighted by Gasteiger charge is 2.01. The Morgan fingerprint density at radius 1 is 1.27 bits per heavy atom. The van der Waals surface area contributed by atoms with Crippen LogP contribution >= 0.6 is 11.3 Å². The zero-order valence-corrected chi connectivity index (χ0v) is 10.1. The van der Waals surface area contributed by atoms with E-state index in [4.69, 9.17) is 0 Å². The Hall–Kier alpha value is -0.860. The maximum Gasteiger partial charge on any atom is 0.0375 e. The first-order valence-electron chi connectivity index (χ1n) is 5.46. The first-order valence-corrected chi connectivity index (χ1v) is 6.34. The molecule has 2 heteroatoms. The van der Waals surface area contributed by atoms with E-state index in [1.165, 1.54) is 15.6 Å². The molecule has 1 aromatic carbocycles. The summed E-state index contributed by atoms with van der Waals surface area (Å²) in [7, 11) is 0. The van der Waals surface area contributed by atoms with E-state index < -0.39 is 0 Å². The average Bonchev–Trinajstić information content (AvgIpc) is 2.65. The molecule has 0 aliphatic rings. The van der Waals surface area contributed by atoms with E-state index in [2.05, 4.69) is 48.8 Å². The van der Waals surface area contributed by atoms with Gasteiger partial charge >= 0.3 is 0 Å². The van der Waals surface area contributed by atoms with Crippen molar-refractivity contribution in [2.24, 2.45) is 0 Å². The minimum atomic E-state index is 0.576. The Morgan fingerprint density at radius 3 is 2.93 bits per heavy atom. The number of hydrogen-bond acceptors (Lipinski definition) is 2. The Balaban J connectivity index is 2.10. The summed E-state index contributed by atoms with van der Waals surface area (Å²) in [4.78, 5) is 0. The lowest BCUT2D eigenvalue weighted by atomic mass is 10.1. The molecule has 80 valence electrons. The monoisotopic (exact) mass is 219 g/mol. The van der Waals surface area contributed by atoms with Crippen LogP contribution in [0, 0.1) is 0 Å². The maximum atomic E-state index is 3.46. The Labute approximate surface area is 95.1 Å². The fraction of sp³-hybridized carbons (Fsp3) is 0.385. The zero-order valence-electron chi connectivity index (χ0n) is 9.29. The van der Waals surface area contributed by atoms with E-state index >= 15 is 0 Å². The molecule has 1 N–H and O–H groups in total. The van der Waals surface area contributed by atoms with E-state index in [-0.39, 0.29) is 0 Å². The average molecular weight is 219 g/mol. The first-order chi connectivity index (χ1) is 7.27. The summed E-state index contributed by atoms with van der Waals surface area (Å²) in [5.74, 6) is 0. The third-order valence-corrected chi connectivity index (χ3v) is 3.51. The summed E-state index contributed by atoms with van der Waals surface area (Å²) in [6, 6.07) is 9.35. The van der Waals surface area contributed by atoms with Crippen molar-refractivity contribution < 1.29 is 0 Å². The second-order valence-corrected chi connectivity index (χ2v) is 5.03. The van der Waals surface area contributed by atoms with Crippen molar-refractivity contribution in [2.75, 3.05) is 6.54 Å². The quantitative estimate of drug-likeness (QED) is 0.830. The molecule has 1 aromatic heterocycles. The van der Waals surface area contributed by atoms with Crippen molar-refractivity contribution >= 4 is 21.4 Å². The van der Waals surface area contributed by atoms with E-state index in [0.29, 0.717) is 6.04 Å². The lowest BCUT2D eigenvalue weighted by Crippen LogP contribution is -2.24. The van der Waals surface area contributed by atoms with Gasteiger partial charge in [0.2, 0.25) is 0 Å². The molecule has 0 unspecified atom stereocenters. The van der Waals surface area contributed by atoms with Crippen LogP contribution in [-0.2, 0) is 6.42 Å². The summed E-state index contributed by atoms with van der Waals surface area (Å²) in [6.45, 7) is 5.44. The molecule has 2 rings (SSSR count). The number of fused-ring (bicyclic) bond motifs is 1. The third kappa shape index (κ3) is 2.58. The van der Waals surface area contributed by atoms with Crippen LogP contribution in [0.3, 0.4) is 0 Å². The molecule has 0 atom stereocenters. The second kappa shape index (κ2) is 4.77. The van der Waals surface area contributed by atoms with Crippen molar-refractivity contribution in [3.63, 3.8) is 0 Å². The summed E-state index contributed by atoms with van der Waals surface area (Å²) >= 11 is 1.84. The third-order valence-electron chi connectivity index (χ3n) is 2.51. The molecule has 0 saturated carbocycles. The molecule has 0 amide bonds. The normalized spacial score (nSPS) is 11.4. The van der Waals surface area contributed by atoms with Gasteiger partial charge in [0.1, 0.15) is 0 Å². The number of hydrogen-bond donors (Lipinski definition) is 1. The molecule has 2 aromatic rings. The summed E-state index contributed by atoms with van der Waals surface area (Å²) in [5.41, 5.74) is 1.47. The van der Waals surface area contributed by atoms with Gasteiger partial charge in [-0.15, -0.1) is 11.3 Å². The van der Waals surface area contributed by atoms with Gasteiger partial charge in [-0.3, -0.25) is 0 Å². The summed E-state index contributed by atoms with van der Waals surface area (Å²) in [5, 5.41) is 7.00. The fourth-order valence-electron chi connectivity index (χ4n) is 1.75. The molecular weight excluding hydrogens is 202 g/mol. The highest BCUT2D eigenvalue weighted by atomic mass is 32.1. The molecule has 0 saturated heterocycles. The molecule has 1 nitrogen and oxygen atoms in total. The van der Waals surface area contributed by atoms with Gasteiger partial charge in [0, 0.05) is 10.7 Å². The zero-order chi connectivity index (χ0) is 10.7. The van der Waals surface area contributed by atoms with Crippen LogP contribution in [0.25, 0.3) is 10.1 Å². The molecule has 0 aliphatic carbocycles. The van der Waals surface area contributed by atoms with Crippen molar-refractivity contribution in [2.45, 2.75) is 26.3 Å². The number of thiophene rings is 1. The van der Waals surface area contributed by atoms with Crippen LogP contribution < -0.4 is 5.32 Å². The molecule has 0 radical (unpaired) electrons. The Bertz CT molecular complexity index is 431. The number of benzene rings is 1. The standard InChI is InChI=1S/C13H17NS/c1-10(2)14-8-6-11-4-3-5-12-7-9-15-13(11)12/h3-5,7,9-10,14H,6,8H2,1-2H3. The van der Waals surface area contributed by atoms with Crippen molar-refractivity contribution in [1.29, 1.82) is 0 Å². The van der Waals surface area contributed by atoms with E-state index in [1.54, 1.807) is 0 Å². The minimum Gasteiger partial charge on any atom is -0.314 e. The molecule has 0 spiro atoms. The highest BCUT2D eigenvalue weighted by Crippen LogP contribution is 2.24. The van der Waals surface area contributed by atoms with Gasteiger partial charge in [-0.05, 0) is 35.4 Å².